The minimum absolute atomic E-state index is 0.136. The third kappa shape index (κ3) is 5.97. The van der Waals surface area contributed by atoms with E-state index < -0.39 is 52.1 Å². The Bertz CT molecular complexity index is 744. The molecule has 0 bridgehead atoms. The van der Waals surface area contributed by atoms with Gasteiger partial charge in [0.15, 0.2) is 0 Å². The zero-order chi connectivity index (χ0) is 21.9. The third-order valence-corrected chi connectivity index (χ3v) is 5.59. The van der Waals surface area contributed by atoms with Gasteiger partial charge in [-0.3, -0.25) is 0 Å². The summed E-state index contributed by atoms with van der Waals surface area (Å²) in [7, 11) is 0.607. The second-order valence-electron chi connectivity index (χ2n) is 7.70. The van der Waals surface area contributed by atoms with E-state index in [2.05, 4.69) is 9.82 Å². The minimum Gasteiger partial charge on any atom is -0.303 e. The summed E-state index contributed by atoms with van der Waals surface area (Å²) in [6, 6.07) is 4.02. The lowest BCUT2D eigenvalue weighted by molar-refractivity contribution is -0.0630. The first kappa shape index (κ1) is 24.5. The average molecular weight is 427 g/mol. The summed E-state index contributed by atoms with van der Waals surface area (Å²) in [5.41, 5.74) is -3.71. The molecular formula is C18H26F5N3OS. The van der Waals surface area contributed by atoms with Gasteiger partial charge >= 0.3 is 6.18 Å². The molecule has 160 valence electrons. The third-order valence-electron chi connectivity index (χ3n) is 3.90. The molecule has 1 rings (SSSR count). The zero-order valence-electron chi connectivity index (χ0n) is 16.7. The van der Waals surface area contributed by atoms with Crippen molar-refractivity contribution in [1.29, 1.82) is 0 Å². The van der Waals surface area contributed by atoms with Crippen LogP contribution in [0.15, 0.2) is 23.3 Å². The van der Waals surface area contributed by atoms with Gasteiger partial charge in [-0.1, -0.05) is 18.2 Å². The number of benzene rings is 1. The first-order chi connectivity index (χ1) is 12.6. The van der Waals surface area contributed by atoms with Crippen LogP contribution >= 0.6 is 0 Å². The van der Waals surface area contributed by atoms with Crippen LogP contribution in [-0.4, -0.2) is 46.6 Å². The number of hydrogen-bond acceptors (Lipinski definition) is 3. The lowest BCUT2D eigenvalue weighted by atomic mass is 9.85. The molecule has 1 N–H and O–H groups in total. The smallest absolute Gasteiger partial charge is 0.303 e. The van der Waals surface area contributed by atoms with Crippen molar-refractivity contribution < 1.29 is 26.2 Å². The molecule has 0 fully saturated rings. The maximum atomic E-state index is 14.8. The van der Waals surface area contributed by atoms with E-state index in [0.717, 1.165) is 5.01 Å². The Morgan fingerprint density at radius 3 is 2.21 bits per heavy atom. The van der Waals surface area contributed by atoms with Gasteiger partial charge in [0.25, 0.3) is 0 Å². The number of aryl methyl sites for hydroxylation is 1. The fourth-order valence-electron chi connectivity index (χ4n) is 2.40. The molecule has 10 heteroatoms. The van der Waals surface area contributed by atoms with Crippen molar-refractivity contribution in [3.63, 3.8) is 0 Å². The molecule has 0 amide bonds. The fraction of sp³-hybridized carbons (Fsp3) is 0.611. The van der Waals surface area contributed by atoms with Crippen molar-refractivity contribution in [2.24, 2.45) is 5.10 Å². The van der Waals surface area contributed by atoms with Crippen LogP contribution in [0.1, 0.15) is 38.3 Å². The number of nitrogens with zero attached hydrogens (tertiary/aromatic N) is 2. The van der Waals surface area contributed by atoms with E-state index in [1.54, 1.807) is 20.8 Å². The summed E-state index contributed by atoms with van der Waals surface area (Å²) in [6.07, 6.45) is -5.91. The van der Waals surface area contributed by atoms with Gasteiger partial charge in [0, 0.05) is 26.1 Å². The van der Waals surface area contributed by atoms with Gasteiger partial charge < -0.3 is 5.01 Å². The molecule has 1 aromatic carbocycles. The molecule has 4 nitrogen and oxygen atoms in total. The molecule has 0 saturated carbocycles. The number of nitrogens with one attached hydrogen (secondary N) is 1. The second-order valence-corrected chi connectivity index (χ2v) is 9.67. The maximum absolute atomic E-state index is 14.8. The van der Waals surface area contributed by atoms with Crippen molar-refractivity contribution in [2.75, 3.05) is 20.8 Å². The van der Waals surface area contributed by atoms with Gasteiger partial charge in [0.1, 0.15) is 18.2 Å². The number of hydrogen-bond donors (Lipinski definition) is 1. The largest absolute Gasteiger partial charge is 0.431 e. The molecular weight excluding hydrogens is 401 g/mol. The molecule has 0 saturated heterocycles. The van der Waals surface area contributed by atoms with Crippen LogP contribution in [0.3, 0.4) is 0 Å². The van der Waals surface area contributed by atoms with Gasteiger partial charge in [-0.05, 0) is 33.3 Å². The molecule has 1 aromatic rings. The first-order valence-electron chi connectivity index (χ1n) is 8.47. The van der Waals surface area contributed by atoms with Crippen LogP contribution in [0.2, 0.25) is 0 Å². The van der Waals surface area contributed by atoms with E-state index in [1.165, 1.54) is 39.2 Å². The van der Waals surface area contributed by atoms with Gasteiger partial charge in [-0.2, -0.15) is 18.3 Å². The Morgan fingerprint density at radius 1 is 1.21 bits per heavy atom. The zero-order valence-corrected chi connectivity index (χ0v) is 17.6. The monoisotopic (exact) mass is 427 g/mol. The molecule has 0 heterocycles. The summed E-state index contributed by atoms with van der Waals surface area (Å²) < 4.78 is 83.9. The predicted octanol–water partition coefficient (Wildman–Crippen LogP) is 4.22. The topological polar surface area (TPSA) is 44.7 Å². The van der Waals surface area contributed by atoms with Crippen LogP contribution in [0.4, 0.5) is 22.0 Å². The molecule has 0 aliphatic rings. The molecule has 0 aromatic heterocycles. The standard InChI is InChI=1S/C18H26F5N3OS/c1-12-8-7-9-13(15(12)20)17(11-19,25-28(27)16(2,3)4)10-14(18(21,22)23)24-26(5)6/h7-9,25H,10-11H2,1-6H3/b24-14-/t17?,28-/m1/s1. The van der Waals surface area contributed by atoms with Crippen LogP contribution in [0.25, 0.3) is 0 Å². The van der Waals surface area contributed by atoms with E-state index >= 15 is 0 Å². The van der Waals surface area contributed by atoms with Crippen LogP contribution < -0.4 is 4.72 Å². The number of alkyl halides is 4. The van der Waals surface area contributed by atoms with E-state index in [4.69, 9.17) is 0 Å². The van der Waals surface area contributed by atoms with Gasteiger partial charge in [0.05, 0.1) is 21.3 Å². The van der Waals surface area contributed by atoms with Crippen molar-refractivity contribution in [1.82, 2.24) is 9.73 Å². The molecule has 0 aliphatic heterocycles. The summed E-state index contributed by atoms with van der Waals surface area (Å²) in [5.74, 6) is -0.857. The predicted molar refractivity (Wildman–Crippen MR) is 102 cm³/mol. The molecule has 0 radical (unpaired) electrons. The van der Waals surface area contributed by atoms with Crippen molar-refractivity contribution in [3.05, 3.63) is 35.1 Å². The van der Waals surface area contributed by atoms with E-state index in [1.807, 2.05) is 0 Å². The number of halogens is 5. The van der Waals surface area contributed by atoms with Crippen molar-refractivity contribution >= 4 is 16.7 Å². The number of hydrazone groups is 1. The van der Waals surface area contributed by atoms with E-state index in [0.29, 0.717) is 0 Å². The first-order valence-corrected chi connectivity index (χ1v) is 9.62. The Labute approximate surface area is 164 Å². The Kier molecular flexibility index (Phi) is 7.74. The number of rotatable bonds is 7. The minimum atomic E-state index is -4.88. The van der Waals surface area contributed by atoms with Crippen LogP contribution in [-0.2, 0) is 16.5 Å². The Morgan fingerprint density at radius 2 is 1.79 bits per heavy atom. The summed E-state index contributed by atoms with van der Waals surface area (Å²) in [6.45, 7) is 4.72. The SMILES string of the molecule is Cc1cccc(C(CF)(C/C(=N/N(C)C)C(F)(F)F)N[S@](=O)C(C)(C)C)c1F. The van der Waals surface area contributed by atoms with E-state index in [-0.39, 0.29) is 11.1 Å². The van der Waals surface area contributed by atoms with Gasteiger partial charge in [0.2, 0.25) is 0 Å². The Balaban J connectivity index is 3.66. The van der Waals surface area contributed by atoms with Crippen LogP contribution in [0, 0.1) is 12.7 Å². The van der Waals surface area contributed by atoms with Gasteiger partial charge in [-0.15, -0.1) is 0 Å². The molecule has 0 aliphatic carbocycles. The Hall–Kier alpha value is -1.55. The lowest BCUT2D eigenvalue weighted by Crippen LogP contribution is -2.52. The highest BCUT2D eigenvalue weighted by Crippen LogP contribution is 2.35. The highest BCUT2D eigenvalue weighted by Gasteiger charge is 2.46. The molecule has 2 atom stereocenters. The van der Waals surface area contributed by atoms with Crippen molar-refractivity contribution in [2.45, 2.75) is 50.6 Å². The van der Waals surface area contributed by atoms with Crippen molar-refractivity contribution in [3.8, 4) is 0 Å². The highest BCUT2D eigenvalue weighted by molar-refractivity contribution is 7.84. The quantitative estimate of drug-likeness (QED) is 0.402. The fourth-order valence-corrected chi connectivity index (χ4v) is 3.30. The normalized spacial score (nSPS) is 16.6. The van der Waals surface area contributed by atoms with E-state index in [9.17, 15) is 26.2 Å². The maximum Gasteiger partial charge on any atom is 0.431 e. The average Bonchev–Trinajstić information content (AvgIpc) is 2.53. The molecule has 1 unspecified atom stereocenters. The van der Waals surface area contributed by atoms with Gasteiger partial charge in [-0.25, -0.2) is 17.7 Å². The molecule has 28 heavy (non-hydrogen) atoms. The van der Waals surface area contributed by atoms with Crippen LogP contribution in [0.5, 0.6) is 0 Å². The highest BCUT2D eigenvalue weighted by atomic mass is 32.2. The molecule has 0 spiro atoms. The summed E-state index contributed by atoms with van der Waals surface area (Å²) >= 11 is 0. The summed E-state index contributed by atoms with van der Waals surface area (Å²) in [5, 5.41) is 4.35. The summed E-state index contributed by atoms with van der Waals surface area (Å²) in [4.78, 5) is 0. The second kappa shape index (κ2) is 8.86. The lowest BCUT2D eigenvalue weighted by Gasteiger charge is -2.36.